The number of hydrogen-bond acceptors (Lipinski definition) is 3. The fourth-order valence-electron chi connectivity index (χ4n) is 2.25. The molecule has 0 aliphatic carbocycles. The zero-order valence-electron chi connectivity index (χ0n) is 13.8. The molecule has 2 aromatic rings. The van der Waals surface area contributed by atoms with E-state index in [2.05, 4.69) is 5.32 Å². The molecular weight excluding hydrogens is 338 g/mol. The van der Waals surface area contributed by atoms with E-state index < -0.39 is 0 Å². The Balaban J connectivity index is 1.89. The molecule has 0 saturated carbocycles. The first-order valence-electron chi connectivity index (χ1n) is 7.78. The summed E-state index contributed by atoms with van der Waals surface area (Å²) in [7, 11) is 0. The molecule has 0 aliphatic rings. The SMILES string of the molecule is CC(=O)N(CCC(=O)Nc1ccc(C#N)cc1)Cc1ccc(Cl)cc1. The molecule has 0 radical (unpaired) electrons. The molecule has 2 aromatic carbocycles. The van der Waals surface area contributed by atoms with Gasteiger partial charge in [0.05, 0.1) is 11.6 Å². The molecule has 5 nitrogen and oxygen atoms in total. The Bertz CT molecular complexity index is 780. The predicted molar refractivity (Wildman–Crippen MR) is 96.9 cm³/mol. The number of anilines is 1. The minimum absolute atomic E-state index is 0.0962. The molecule has 25 heavy (non-hydrogen) atoms. The first kappa shape index (κ1) is 18.5. The molecule has 0 aliphatic heterocycles. The van der Waals surface area contributed by atoms with E-state index in [1.54, 1.807) is 41.3 Å². The highest BCUT2D eigenvalue weighted by Crippen LogP contribution is 2.13. The molecule has 6 heteroatoms. The molecule has 128 valence electrons. The molecule has 2 rings (SSSR count). The zero-order chi connectivity index (χ0) is 18.2. The van der Waals surface area contributed by atoms with Crippen molar-refractivity contribution in [3.63, 3.8) is 0 Å². The maximum Gasteiger partial charge on any atom is 0.226 e. The molecule has 0 aromatic heterocycles. The van der Waals surface area contributed by atoms with Crippen LogP contribution >= 0.6 is 11.6 Å². The lowest BCUT2D eigenvalue weighted by molar-refractivity contribution is -0.129. The highest BCUT2D eigenvalue weighted by molar-refractivity contribution is 6.30. The van der Waals surface area contributed by atoms with Crippen LogP contribution in [-0.2, 0) is 16.1 Å². The molecule has 0 saturated heterocycles. The molecule has 0 fully saturated rings. The summed E-state index contributed by atoms with van der Waals surface area (Å²) >= 11 is 5.86. The standard InChI is InChI=1S/C19H18ClN3O2/c1-14(24)23(13-16-2-6-17(20)7-3-16)11-10-19(25)22-18-8-4-15(12-21)5-9-18/h2-9H,10-11,13H2,1H3,(H,22,25). The van der Waals surface area contributed by atoms with Crippen LogP contribution in [0.25, 0.3) is 0 Å². The first-order valence-corrected chi connectivity index (χ1v) is 8.15. The minimum Gasteiger partial charge on any atom is -0.338 e. The average Bonchev–Trinajstić information content (AvgIpc) is 2.60. The second-order valence-corrected chi connectivity index (χ2v) is 5.99. The average molecular weight is 356 g/mol. The van der Waals surface area contributed by atoms with Gasteiger partial charge in [-0.05, 0) is 42.0 Å². The van der Waals surface area contributed by atoms with Gasteiger partial charge in [0.25, 0.3) is 0 Å². The number of halogens is 1. The number of benzene rings is 2. The van der Waals surface area contributed by atoms with E-state index in [0.29, 0.717) is 29.4 Å². The Labute approximate surface area is 151 Å². The van der Waals surface area contributed by atoms with Crippen LogP contribution in [0.5, 0.6) is 0 Å². The molecular formula is C19H18ClN3O2. The number of carbonyl (C=O) groups is 2. The van der Waals surface area contributed by atoms with Crippen LogP contribution in [0.1, 0.15) is 24.5 Å². The normalized spacial score (nSPS) is 9.96. The summed E-state index contributed by atoms with van der Waals surface area (Å²) in [6, 6.07) is 15.9. The van der Waals surface area contributed by atoms with Crippen LogP contribution in [0.3, 0.4) is 0 Å². The quantitative estimate of drug-likeness (QED) is 0.860. The number of amides is 2. The van der Waals surface area contributed by atoms with E-state index in [-0.39, 0.29) is 18.2 Å². The maximum atomic E-state index is 12.1. The highest BCUT2D eigenvalue weighted by atomic mass is 35.5. The second kappa shape index (κ2) is 8.86. The first-order chi connectivity index (χ1) is 12.0. The smallest absolute Gasteiger partial charge is 0.226 e. The summed E-state index contributed by atoms with van der Waals surface area (Å²) in [5, 5.41) is 12.2. The largest absolute Gasteiger partial charge is 0.338 e. The summed E-state index contributed by atoms with van der Waals surface area (Å²) in [5.74, 6) is -0.284. The van der Waals surface area contributed by atoms with Crippen LogP contribution in [0.15, 0.2) is 48.5 Å². The van der Waals surface area contributed by atoms with Crippen LogP contribution in [0.4, 0.5) is 5.69 Å². The van der Waals surface area contributed by atoms with Gasteiger partial charge in [0.2, 0.25) is 11.8 Å². The van der Waals surface area contributed by atoms with Gasteiger partial charge in [0, 0.05) is 37.1 Å². The summed E-state index contributed by atoms with van der Waals surface area (Å²) in [5.41, 5.74) is 2.10. The summed E-state index contributed by atoms with van der Waals surface area (Å²) in [6.07, 6.45) is 0.188. The number of nitrogens with zero attached hydrogens (tertiary/aromatic N) is 2. The Kier molecular flexibility index (Phi) is 6.55. The minimum atomic E-state index is -0.188. The van der Waals surface area contributed by atoms with E-state index in [1.807, 2.05) is 18.2 Å². The van der Waals surface area contributed by atoms with Gasteiger partial charge in [0.15, 0.2) is 0 Å². The summed E-state index contributed by atoms with van der Waals surface area (Å²) in [6.45, 7) is 2.23. The number of rotatable bonds is 6. The topological polar surface area (TPSA) is 73.2 Å². The van der Waals surface area contributed by atoms with E-state index in [1.165, 1.54) is 6.92 Å². The lowest BCUT2D eigenvalue weighted by atomic mass is 10.2. The monoisotopic (exact) mass is 355 g/mol. The third kappa shape index (κ3) is 5.94. The number of nitrogens with one attached hydrogen (secondary N) is 1. The van der Waals surface area contributed by atoms with Gasteiger partial charge in [-0.25, -0.2) is 0 Å². The van der Waals surface area contributed by atoms with Crippen molar-refractivity contribution in [2.45, 2.75) is 19.9 Å². The van der Waals surface area contributed by atoms with Gasteiger partial charge < -0.3 is 10.2 Å². The number of carbonyl (C=O) groups excluding carboxylic acids is 2. The molecule has 0 heterocycles. The van der Waals surface area contributed by atoms with Gasteiger partial charge >= 0.3 is 0 Å². The van der Waals surface area contributed by atoms with Crippen molar-refractivity contribution in [2.75, 3.05) is 11.9 Å². The lowest BCUT2D eigenvalue weighted by Gasteiger charge is -2.21. The van der Waals surface area contributed by atoms with Gasteiger partial charge in [0.1, 0.15) is 0 Å². The van der Waals surface area contributed by atoms with E-state index in [0.717, 1.165) is 5.56 Å². The molecule has 0 bridgehead atoms. The van der Waals surface area contributed by atoms with Crippen molar-refractivity contribution in [3.05, 3.63) is 64.7 Å². The van der Waals surface area contributed by atoms with E-state index in [4.69, 9.17) is 16.9 Å². The Hall–Kier alpha value is -2.84. The highest BCUT2D eigenvalue weighted by Gasteiger charge is 2.12. The Morgan fingerprint density at radius 2 is 1.76 bits per heavy atom. The van der Waals surface area contributed by atoms with Gasteiger partial charge in [-0.3, -0.25) is 9.59 Å². The number of hydrogen-bond donors (Lipinski definition) is 1. The Morgan fingerprint density at radius 1 is 1.12 bits per heavy atom. The Morgan fingerprint density at radius 3 is 2.32 bits per heavy atom. The van der Waals surface area contributed by atoms with Crippen molar-refractivity contribution in [2.24, 2.45) is 0 Å². The van der Waals surface area contributed by atoms with Crippen molar-refractivity contribution in [1.29, 1.82) is 5.26 Å². The molecule has 1 N–H and O–H groups in total. The maximum absolute atomic E-state index is 12.1. The predicted octanol–water partition coefficient (Wildman–Crippen LogP) is 3.59. The van der Waals surface area contributed by atoms with Crippen LogP contribution in [0, 0.1) is 11.3 Å². The third-order valence-corrected chi connectivity index (χ3v) is 3.89. The van der Waals surface area contributed by atoms with E-state index >= 15 is 0 Å². The van der Waals surface area contributed by atoms with Gasteiger partial charge in [-0.2, -0.15) is 5.26 Å². The molecule has 0 spiro atoms. The molecule has 0 atom stereocenters. The zero-order valence-corrected chi connectivity index (χ0v) is 14.6. The van der Waals surface area contributed by atoms with Crippen molar-refractivity contribution in [3.8, 4) is 6.07 Å². The van der Waals surface area contributed by atoms with Gasteiger partial charge in [-0.1, -0.05) is 23.7 Å². The fraction of sp³-hybridized carbons (Fsp3) is 0.211. The van der Waals surface area contributed by atoms with Crippen molar-refractivity contribution >= 4 is 29.1 Å². The molecule has 0 unspecified atom stereocenters. The van der Waals surface area contributed by atoms with E-state index in [9.17, 15) is 9.59 Å². The fourth-order valence-corrected chi connectivity index (χ4v) is 2.37. The second-order valence-electron chi connectivity index (χ2n) is 5.55. The lowest BCUT2D eigenvalue weighted by Crippen LogP contribution is -2.31. The number of nitriles is 1. The van der Waals surface area contributed by atoms with Crippen LogP contribution in [0.2, 0.25) is 5.02 Å². The van der Waals surface area contributed by atoms with Gasteiger partial charge in [-0.15, -0.1) is 0 Å². The third-order valence-electron chi connectivity index (χ3n) is 3.64. The van der Waals surface area contributed by atoms with Crippen molar-refractivity contribution < 1.29 is 9.59 Å². The van der Waals surface area contributed by atoms with Crippen molar-refractivity contribution in [1.82, 2.24) is 4.90 Å². The molecule has 2 amide bonds. The van der Waals surface area contributed by atoms with Crippen LogP contribution < -0.4 is 5.32 Å². The van der Waals surface area contributed by atoms with Crippen LogP contribution in [-0.4, -0.2) is 23.3 Å². The summed E-state index contributed by atoms with van der Waals surface area (Å²) < 4.78 is 0. The summed E-state index contributed by atoms with van der Waals surface area (Å²) in [4.78, 5) is 25.5.